The van der Waals surface area contributed by atoms with Gasteiger partial charge < -0.3 is 25.7 Å². The number of hydrogen-bond donors (Lipinski definition) is 5. The molecule has 0 radical (unpaired) electrons. The maximum absolute atomic E-state index is 12.7. The van der Waals surface area contributed by atoms with Crippen LogP contribution >= 0.6 is 0 Å². The van der Waals surface area contributed by atoms with Crippen LogP contribution in [-0.4, -0.2) is 57.3 Å². The molecule has 6 nitrogen and oxygen atoms in total. The van der Waals surface area contributed by atoms with Crippen molar-refractivity contribution in [1.29, 1.82) is 0 Å². The summed E-state index contributed by atoms with van der Waals surface area (Å²) in [4.78, 5) is 12.7. The normalized spacial score (nSPS) is 13.5. The average molecular weight is 1100 g/mol. The molecule has 0 aliphatic heterocycles. The summed E-state index contributed by atoms with van der Waals surface area (Å²) in [5.74, 6) is -0.584. The number of aliphatic hydroxyl groups excluding tert-OH is 4. The van der Waals surface area contributed by atoms with Crippen LogP contribution in [0.25, 0.3) is 0 Å². The Labute approximate surface area is 489 Å². The smallest absolute Gasteiger partial charge is 0.249 e. The highest BCUT2D eigenvalue weighted by atomic mass is 16.3. The van der Waals surface area contributed by atoms with Crippen molar-refractivity contribution < 1.29 is 25.2 Å². The summed E-state index contributed by atoms with van der Waals surface area (Å²) in [7, 11) is 0. The molecule has 0 aromatic heterocycles. The molecular weight excluding hydrogens is 959 g/mol. The van der Waals surface area contributed by atoms with E-state index < -0.39 is 36.9 Å². The summed E-state index contributed by atoms with van der Waals surface area (Å²) in [6.45, 7) is 4.11. The van der Waals surface area contributed by atoms with Crippen molar-refractivity contribution >= 4 is 5.91 Å². The number of amides is 1. The predicted octanol–water partition coefficient (Wildman–Crippen LogP) is 22.3. The molecule has 0 aromatic rings. The third kappa shape index (κ3) is 59.7. The molecule has 0 fully saturated rings. The number of nitrogens with one attached hydrogen (secondary N) is 1. The second-order valence-electron chi connectivity index (χ2n) is 25.3. The third-order valence-corrected chi connectivity index (χ3v) is 17.5. The average Bonchev–Trinajstić information content (AvgIpc) is 3.45. The molecule has 0 bridgehead atoms. The van der Waals surface area contributed by atoms with Gasteiger partial charge in [-0.05, 0) is 38.5 Å². The molecule has 4 unspecified atom stereocenters. The van der Waals surface area contributed by atoms with Crippen molar-refractivity contribution in [3.05, 3.63) is 12.2 Å². The minimum absolute atomic E-state index is 0.369. The molecule has 0 aliphatic carbocycles. The summed E-state index contributed by atoms with van der Waals surface area (Å²) >= 11 is 0. The Bertz CT molecular complexity index is 1150. The SMILES string of the molecule is CCCCCCCCCCCCCCCCCCCCC/C=C/CCCC(O)C(O)C(CO)NC(=O)C(O)CCCCCCCCCCCCCCCCCCCCCCCCCCCCCCCCCCCCCCCC. The van der Waals surface area contributed by atoms with Crippen molar-refractivity contribution in [2.24, 2.45) is 0 Å². The van der Waals surface area contributed by atoms with Gasteiger partial charge in [-0.3, -0.25) is 4.79 Å². The number of rotatable bonds is 68. The van der Waals surface area contributed by atoms with Crippen LogP contribution in [0.4, 0.5) is 0 Å². The van der Waals surface area contributed by atoms with Crippen molar-refractivity contribution in [1.82, 2.24) is 5.32 Å². The minimum Gasteiger partial charge on any atom is -0.394 e. The minimum atomic E-state index is -1.28. The fourth-order valence-corrected chi connectivity index (χ4v) is 11.9. The zero-order valence-corrected chi connectivity index (χ0v) is 53.2. The topological polar surface area (TPSA) is 110 Å². The van der Waals surface area contributed by atoms with Crippen LogP contribution < -0.4 is 5.32 Å². The summed E-state index contributed by atoms with van der Waals surface area (Å²) in [5.41, 5.74) is 0. The van der Waals surface area contributed by atoms with Crippen LogP contribution in [0.1, 0.15) is 412 Å². The number of hydrogen-bond acceptors (Lipinski definition) is 5. The number of carbonyl (C=O) groups excluding carboxylic acids is 1. The summed E-state index contributed by atoms with van der Waals surface area (Å²) in [6.07, 6.45) is 83.6. The van der Waals surface area contributed by atoms with Gasteiger partial charge in [-0.1, -0.05) is 386 Å². The first-order valence-electron chi connectivity index (χ1n) is 36.1. The van der Waals surface area contributed by atoms with Crippen LogP contribution in [0.3, 0.4) is 0 Å². The molecule has 0 aliphatic rings. The number of carbonyl (C=O) groups is 1. The highest BCUT2D eigenvalue weighted by molar-refractivity contribution is 5.80. The lowest BCUT2D eigenvalue weighted by atomic mass is 10.00. The fraction of sp³-hybridized carbons (Fsp3) is 0.958. The summed E-state index contributed by atoms with van der Waals surface area (Å²) in [5, 5.41) is 44.2. The molecule has 0 spiro atoms. The van der Waals surface area contributed by atoms with Crippen LogP contribution in [0.5, 0.6) is 0 Å². The monoisotopic (exact) mass is 1100 g/mol. The maximum Gasteiger partial charge on any atom is 0.249 e. The lowest BCUT2D eigenvalue weighted by Gasteiger charge is -2.27. The summed E-state index contributed by atoms with van der Waals surface area (Å²) < 4.78 is 0. The van der Waals surface area contributed by atoms with Gasteiger partial charge in [-0.25, -0.2) is 0 Å². The van der Waals surface area contributed by atoms with Gasteiger partial charge in [0.25, 0.3) is 0 Å². The van der Waals surface area contributed by atoms with E-state index in [4.69, 9.17) is 0 Å². The lowest BCUT2D eigenvalue weighted by molar-refractivity contribution is -0.132. The van der Waals surface area contributed by atoms with Gasteiger partial charge in [0.2, 0.25) is 5.91 Å². The van der Waals surface area contributed by atoms with Crippen LogP contribution in [0.2, 0.25) is 0 Å². The van der Waals surface area contributed by atoms with E-state index in [0.29, 0.717) is 12.8 Å². The molecule has 1 amide bonds. The zero-order chi connectivity index (χ0) is 56.6. The Balaban J connectivity index is 3.50. The second kappa shape index (κ2) is 66.8. The van der Waals surface area contributed by atoms with E-state index in [-0.39, 0.29) is 0 Å². The summed E-state index contributed by atoms with van der Waals surface area (Å²) in [6, 6.07) is -1.00. The molecule has 6 heteroatoms. The molecule has 4 atom stereocenters. The van der Waals surface area contributed by atoms with Gasteiger partial charge in [-0.15, -0.1) is 0 Å². The van der Waals surface area contributed by atoms with Crippen molar-refractivity contribution in [3.8, 4) is 0 Å². The van der Waals surface area contributed by atoms with Gasteiger partial charge in [0, 0.05) is 0 Å². The molecule has 0 saturated carbocycles. The Morgan fingerprint density at radius 3 is 0.769 bits per heavy atom. The second-order valence-corrected chi connectivity index (χ2v) is 25.3. The van der Waals surface area contributed by atoms with Gasteiger partial charge in [0.1, 0.15) is 12.2 Å². The molecule has 0 aromatic carbocycles. The Morgan fingerprint density at radius 2 is 0.526 bits per heavy atom. The fourth-order valence-electron chi connectivity index (χ4n) is 11.9. The number of unbranched alkanes of at least 4 members (excludes halogenated alkanes) is 57. The van der Waals surface area contributed by atoms with Gasteiger partial charge >= 0.3 is 0 Å². The van der Waals surface area contributed by atoms with Crippen molar-refractivity contribution in [3.63, 3.8) is 0 Å². The highest BCUT2D eigenvalue weighted by Crippen LogP contribution is 2.20. The third-order valence-electron chi connectivity index (χ3n) is 17.5. The van der Waals surface area contributed by atoms with E-state index in [2.05, 4.69) is 31.3 Å². The van der Waals surface area contributed by atoms with Crippen LogP contribution in [-0.2, 0) is 4.79 Å². The Kier molecular flexibility index (Phi) is 66.0. The Hall–Kier alpha value is -0.950. The molecule has 78 heavy (non-hydrogen) atoms. The van der Waals surface area contributed by atoms with E-state index in [1.165, 1.54) is 347 Å². The van der Waals surface area contributed by atoms with Crippen molar-refractivity contribution in [2.45, 2.75) is 436 Å². The van der Waals surface area contributed by atoms with E-state index in [1.54, 1.807) is 0 Å². The quantitative estimate of drug-likeness (QED) is 0.0308. The Morgan fingerprint density at radius 1 is 0.308 bits per heavy atom. The first-order chi connectivity index (χ1) is 38.5. The first kappa shape index (κ1) is 77.0. The maximum atomic E-state index is 12.7. The van der Waals surface area contributed by atoms with Gasteiger partial charge in [0.15, 0.2) is 0 Å². The first-order valence-corrected chi connectivity index (χ1v) is 36.1. The van der Waals surface area contributed by atoms with Crippen molar-refractivity contribution in [2.75, 3.05) is 6.61 Å². The molecule has 0 heterocycles. The molecule has 466 valence electrons. The largest absolute Gasteiger partial charge is 0.394 e. The van der Waals surface area contributed by atoms with E-state index in [0.717, 1.165) is 38.5 Å². The standard InChI is InChI=1S/C72H143NO5/c1-3-5-7-9-11-13-15-17-19-21-23-25-27-29-30-31-32-33-34-35-36-37-38-39-40-41-42-44-46-48-50-52-54-56-58-60-62-64-66-70(76)72(78)73-68(67-74)71(77)69(75)65-63-61-59-57-55-53-51-49-47-45-43-28-26-24-22-20-18-16-14-12-10-8-6-4-2/h57,59,68-71,74-77H,3-56,58,60-67H2,1-2H3,(H,73,78)/b59-57+. The van der Waals surface area contributed by atoms with E-state index in [1.807, 2.05) is 0 Å². The van der Waals surface area contributed by atoms with E-state index >= 15 is 0 Å². The zero-order valence-electron chi connectivity index (χ0n) is 53.2. The highest BCUT2D eigenvalue weighted by Gasteiger charge is 2.28. The van der Waals surface area contributed by atoms with E-state index in [9.17, 15) is 25.2 Å². The predicted molar refractivity (Wildman–Crippen MR) is 344 cm³/mol. The molecule has 5 N–H and O–H groups in total. The molecule has 0 saturated heterocycles. The van der Waals surface area contributed by atoms with Crippen LogP contribution in [0.15, 0.2) is 12.2 Å². The van der Waals surface area contributed by atoms with Crippen LogP contribution in [0, 0.1) is 0 Å². The van der Waals surface area contributed by atoms with Gasteiger partial charge in [0.05, 0.1) is 18.8 Å². The molecule has 0 rings (SSSR count). The number of aliphatic hydroxyl groups is 4. The van der Waals surface area contributed by atoms with Gasteiger partial charge in [-0.2, -0.15) is 0 Å². The lowest BCUT2D eigenvalue weighted by Crippen LogP contribution is -2.53. The number of allylic oxidation sites excluding steroid dienone is 2. The molecular formula is C72H143NO5.